The highest BCUT2D eigenvalue weighted by atomic mass is 16.5. The molecule has 0 atom stereocenters. The zero-order valence-electron chi connectivity index (χ0n) is 14.1. The van der Waals surface area contributed by atoms with E-state index in [1.165, 1.54) is 0 Å². The van der Waals surface area contributed by atoms with Crippen LogP contribution < -0.4 is 0 Å². The van der Waals surface area contributed by atoms with E-state index in [2.05, 4.69) is 19.9 Å². The minimum Gasteiger partial charge on any atom is -0.462 e. The number of esters is 1. The van der Waals surface area contributed by atoms with Crippen molar-refractivity contribution >= 4 is 17.0 Å². The quantitative estimate of drug-likeness (QED) is 0.569. The molecule has 0 fully saturated rings. The lowest BCUT2D eigenvalue weighted by Crippen LogP contribution is -2.04. The molecule has 1 N–H and O–H groups in total. The number of carbonyl (C=O) groups is 1. The maximum Gasteiger partial charge on any atom is 0.338 e. The molecule has 3 aromatic heterocycles. The molecule has 6 heteroatoms. The Bertz CT molecular complexity index is 1070. The second-order valence-electron chi connectivity index (χ2n) is 5.66. The summed E-state index contributed by atoms with van der Waals surface area (Å²) in [6.45, 7) is 2.13. The van der Waals surface area contributed by atoms with Crippen molar-refractivity contribution in [1.82, 2.24) is 19.9 Å². The van der Waals surface area contributed by atoms with E-state index in [4.69, 9.17) is 4.74 Å². The van der Waals surface area contributed by atoms with Crippen LogP contribution in [0.2, 0.25) is 0 Å². The summed E-state index contributed by atoms with van der Waals surface area (Å²) in [5.74, 6) is 0.291. The number of aromatic nitrogens is 4. The number of imidazole rings is 1. The Hall–Kier alpha value is -3.54. The highest BCUT2D eigenvalue weighted by molar-refractivity contribution is 5.94. The van der Waals surface area contributed by atoms with E-state index in [-0.39, 0.29) is 5.97 Å². The molecule has 128 valence electrons. The average Bonchev–Trinajstić information content (AvgIpc) is 3.12. The standard InChI is InChI=1S/C20H16N4O2/c1-2-26-20(25)13-9-10-16-18(12-13)24-19(23-16)17-8-5-7-15(22-17)14-6-3-4-11-21-14/h3-12H,2H2,1H3,(H,23,24). The maximum atomic E-state index is 11.9. The monoisotopic (exact) mass is 344 g/mol. The molecule has 3 heterocycles. The van der Waals surface area contributed by atoms with Crippen molar-refractivity contribution in [2.75, 3.05) is 6.61 Å². The Morgan fingerprint density at radius 1 is 1.00 bits per heavy atom. The van der Waals surface area contributed by atoms with Crippen molar-refractivity contribution in [3.8, 4) is 22.9 Å². The third-order valence-electron chi connectivity index (χ3n) is 3.91. The first kappa shape index (κ1) is 16.0. The van der Waals surface area contributed by atoms with Crippen molar-refractivity contribution in [3.63, 3.8) is 0 Å². The highest BCUT2D eigenvalue weighted by Gasteiger charge is 2.12. The second-order valence-corrected chi connectivity index (χ2v) is 5.66. The summed E-state index contributed by atoms with van der Waals surface area (Å²) >= 11 is 0. The van der Waals surface area contributed by atoms with E-state index in [0.29, 0.717) is 23.7 Å². The molecule has 1 aromatic carbocycles. The van der Waals surface area contributed by atoms with Crippen LogP contribution in [0.5, 0.6) is 0 Å². The van der Waals surface area contributed by atoms with Crippen LogP contribution in [0.25, 0.3) is 33.9 Å². The van der Waals surface area contributed by atoms with E-state index >= 15 is 0 Å². The number of H-pyrrole nitrogens is 1. The van der Waals surface area contributed by atoms with E-state index in [0.717, 1.165) is 22.4 Å². The van der Waals surface area contributed by atoms with Gasteiger partial charge in [0.05, 0.1) is 34.6 Å². The minimum atomic E-state index is -0.346. The Balaban J connectivity index is 1.72. The van der Waals surface area contributed by atoms with Gasteiger partial charge in [0.15, 0.2) is 5.82 Å². The Morgan fingerprint density at radius 3 is 2.65 bits per heavy atom. The number of aromatic amines is 1. The first-order valence-corrected chi connectivity index (χ1v) is 8.30. The Kier molecular flexibility index (Phi) is 4.15. The number of benzene rings is 1. The first-order chi connectivity index (χ1) is 12.7. The van der Waals surface area contributed by atoms with Gasteiger partial charge in [-0.3, -0.25) is 4.98 Å². The lowest BCUT2D eigenvalue weighted by molar-refractivity contribution is 0.0526. The molecule has 0 saturated heterocycles. The zero-order chi connectivity index (χ0) is 17.9. The molecule has 0 aliphatic rings. The highest BCUT2D eigenvalue weighted by Crippen LogP contribution is 2.23. The molecule has 0 bridgehead atoms. The molecule has 26 heavy (non-hydrogen) atoms. The number of nitrogens with zero attached hydrogens (tertiary/aromatic N) is 3. The third-order valence-corrected chi connectivity index (χ3v) is 3.91. The number of rotatable bonds is 4. The second kappa shape index (κ2) is 6.76. The van der Waals surface area contributed by atoms with Crippen LogP contribution in [0, 0.1) is 0 Å². The lowest BCUT2D eigenvalue weighted by atomic mass is 10.2. The maximum absolute atomic E-state index is 11.9. The van der Waals surface area contributed by atoms with Crippen LogP contribution in [0.1, 0.15) is 17.3 Å². The number of carbonyl (C=O) groups excluding carboxylic acids is 1. The number of fused-ring (bicyclic) bond motifs is 1. The molecule has 0 aliphatic carbocycles. The molecule has 6 nitrogen and oxygen atoms in total. The summed E-state index contributed by atoms with van der Waals surface area (Å²) in [6, 6.07) is 16.7. The third kappa shape index (κ3) is 3.04. The van der Waals surface area contributed by atoms with Crippen LogP contribution in [0.3, 0.4) is 0 Å². The van der Waals surface area contributed by atoms with Gasteiger partial charge in [-0.15, -0.1) is 0 Å². The van der Waals surface area contributed by atoms with Crippen molar-refractivity contribution < 1.29 is 9.53 Å². The molecule has 0 radical (unpaired) electrons. The van der Waals surface area contributed by atoms with Crippen LogP contribution in [-0.4, -0.2) is 32.5 Å². The summed E-state index contributed by atoms with van der Waals surface area (Å²) in [4.78, 5) is 28.7. The molecule has 4 aromatic rings. The average molecular weight is 344 g/mol. The van der Waals surface area contributed by atoms with Crippen molar-refractivity contribution in [1.29, 1.82) is 0 Å². The predicted molar refractivity (Wildman–Crippen MR) is 98.5 cm³/mol. The van der Waals surface area contributed by atoms with Crippen molar-refractivity contribution in [3.05, 3.63) is 66.4 Å². The molecule has 0 saturated carbocycles. The fourth-order valence-corrected chi connectivity index (χ4v) is 2.70. The summed E-state index contributed by atoms with van der Waals surface area (Å²) in [6.07, 6.45) is 1.74. The van der Waals surface area contributed by atoms with Crippen LogP contribution in [0.4, 0.5) is 0 Å². The smallest absolute Gasteiger partial charge is 0.338 e. The van der Waals surface area contributed by atoms with Gasteiger partial charge in [-0.2, -0.15) is 0 Å². The molecular weight excluding hydrogens is 328 g/mol. The number of hydrogen-bond donors (Lipinski definition) is 1. The van der Waals surface area contributed by atoms with E-state index in [9.17, 15) is 4.79 Å². The lowest BCUT2D eigenvalue weighted by Gasteiger charge is -2.01. The molecule has 0 amide bonds. The normalized spacial score (nSPS) is 10.8. The summed E-state index contributed by atoms with van der Waals surface area (Å²) in [5.41, 5.74) is 4.30. The van der Waals surface area contributed by atoms with Crippen molar-refractivity contribution in [2.45, 2.75) is 6.92 Å². The number of pyridine rings is 2. The van der Waals surface area contributed by atoms with Crippen LogP contribution in [-0.2, 0) is 4.74 Å². The van der Waals surface area contributed by atoms with Gasteiger partial charge in [0, 0.05) is 6.20 Å². The topological polar surface area (TPSA) is 80.8 Å². The SMILES string of the molecule is CCOC(=O)c1ccc2nc(-c3cccc(-c4ccccn4)n3)[nH]c2c1. The van der Waals surface area contributed by atoms with Crippen molar-refractivity contribution in [2.24, 2.45) is 0 Å². The molecule has 4 rings (SSSR count). The molecular formula is C20H16N4O2. The minimum absolute atomic E-state index is 0.343. The fourth-order valence-electron chi connectivity index (χ4n) is 2.70. The van der Waals surface area contributed by atoms with E-state index in [1.807, 2.05) is 36.4 Å². The zero-order valence-corrected chi connectivity index (χ0v) is 14.1. The number of nitrogens with one attached hydrogen (secondary N) is 1. The van der Waals surface area contributed by atoms with Gasteiger partial charge >= 0.3 is 5.97 Å². The number of hydrogen-bond acceptors (Lipinski definition) is 5. The van der Waals surface area contributed by atoms with Gasteiger partial charge < -0.3 is 9.72 Å². The Morgan fingerprint density at radius 2 is 1.85 bits per heavy atom. The molecule has 0 aliphatic heterocycles. The summed E-state index contributed by atoms with van der Waals surface area (Å²) in [7, 11) is 0. The van der Waals surface area contributed by atoms with Gasteiger partial charge in [-0.05, 0) is 49.4 Å². The largest absolute Gasteiger partial charge is 0.462 e. The van der Waals surface area contributed by atoms with Gasteiger partial charge in [-0.25, -0.2) is 14.8 Å². The van der Waals surface area contributed by atoms with E-state index in [1.54, 1.807) is 31.3 Å². The van der Waals surface area contributed by atoms with Gasteiger partial charge in [0.1, 0.15) is 5.69 Å². The van der Waals surface area contributed by atoms with Crippen LogP contribution in [0.15, 0.2) is 60.8 Å². The van der Waals surface area contributed by atoms with E-state index < -0.39 is 0 Å². The van der Waals surface area contributed by atoms with Crippen LogP contribution >= 0.6 is 0 Å². The summed E-state index contributed by atoms with van der Waals surface area (Å²) < 4.78 is 5.04. The first-order valence-electron chi connectivity index (χ1n) is 8.30. The fraction of sp³-hybridized carbons (Fsp3) is 0.100. The predicted octanol–water partition coefficient (Wildman–Crippen LogP) is 3.86. The summed E-state index contributed by atoms with van der Waals surface area (Å²) in [5, 5.41) is 0. The van der Waals surface area contributed by atoms with Gasteiger partial charge in [-0.1, -0.05) is 12.1 Å². The molecule has 0 unspecified atom stereocenters. The number of ether oxygens (including phenoxy) is 1. The van der Waals surface area contributed by atoms with Gasteiger partial charge in [0.2, 0.25) is 0 Å². The van der Waals surface area contributed by atoms with Gasteiger partial charge in [0.25, 0.3) is 0 Å². The Labute approximate surface area is 149 Å². The molecule has 0 spiro atoms.